The highest BCUT2D eigenvalue weighted by Crippen LogP contribution is 2.37. The summed E-state index contributed by atoms with van der Waals surface area (Å²) in [5.74, 6) is 0.499. The Balaban J connectivity index is 1.98. The van der Waals surface area contributed by atoms with Crippen LogP contribution >= 0.6 is 0 Å². The first-order chi connectivity index (χ1) is 15.4. The number of carbonyl (C=O) groups is 1. The molecule has 0 aliphatic carbocycles. The van der Waals surface area contributed by atoms with Crippen LogP contribution in [0.2, 0.25) is 0 Å². The molecule has 2 aromatic rings. The molecule has 0 amide bonds. The van der Waals surface area contributed by atoms with Gasteiger partial charge in [0.1, 0.15) is 5.75 Å². The summed E-state index contributed by atoms with van der Waals surface area (Å²) in [7, 11) is 0. The Kier molecular flexibility index (Phi) is 8.39. The van der Waals surface area contributed by atoms with E-state index in [-0.39, 0.29) is 18.4 Å². The molecule has 1 heterocycles. The summed E-state index contributed by atoms with van der Waals surface area (Å²) in [4.78, 5) is 13.8. The van der Waals surface area contributed by atoms with Crippen LogP contribution in [-0.2, 0) is 9.53 Å². The topological polar surface area (TPSA) is 71.0 Å². The van der Waals surface area contributed by atoms with Crippen molar-refractivity contribution in [3.8, 4) is 5.75 Å². The van der Waals surface area contributed by atoms with Crippen molar-refractivity contribution in [2.24, 2.45) is 5.92 Å². The van der Waals surface area contributed by atoms with Crippen molar-refractivity contribution in [3.63, 3.8) is 0 Å². The minimum Gasteiger partial charge on any atom is -0.494 e. The molecule has 2 unspecified atom stereocenters. The van der Waals surface area contributed by atoms with Crippen molar-refractivity contribution in [2.45, 2.75) is 52.5 Å². The minimum atomic E-state index is -0.769. The monoisotopic (exact) mass is 440 g/mol. The lowest BCUT2D eigenvalue weighted by Crippen LogP contribution is -2.48. The van der Waals surface area contributed by atoms with E-state index >= 15 is 0 Å². The molecule has 3 rings (SSSR count). The fourth-order valence-corrected chi connectivity index (χ4v) is 4.30. The molecule has 0 saturated carbocycles. The second-order valence-electron chi connectivity index (χ2n) is 8.64. The van der Waals surface area contributed by atoms with Gasteiger partial charge in [-0.15, -0.1) is 0 Å². The van der Waals surface area contributed by atoms with Gasteiger partial charge in [0.2, 0.25) is 0 Å². The second kappa shape index (κ2) is 11.2. The highest BCUT2D eigenvalue weighted by Gasteiger charge is 2.28. The van der Waals surface area contributed by atoms with Crippen LogP contribution < -0.4 is 15.0 Å². The highest BCUT2D eigenvalue weighted by atomic mass is 16.5. The molecule has 174 valence electrons. The summed E-state index contributed by atoms with van der Waals surface area (Å²) < 4.78 is 11.3. The highest BCUT2D eigenvalue weighted by molar-refractivity contribution is 5.77. The van der Waals surface area contributed by atoms with Gasteiger partial charge < -0.3 is 24.8 Å². The lowest BCUT2D eigenvalue weighted by molar-refractivity contribution is -0.137. The molecule has 1 aliphatic rings. The van der Waals surface area contributed by atoms with Gasteiger partial charge in [0.05, 0.1) is 43.7 Å². The smallest absolute Gasteiger partial charge is 0.303 e. The summed E-state index contributed by atoms with van der Waals surface area (Å²) in [5, 5.41) is 12.9. The van der Waals surface area contributed by atoms with Gasteiger partial charge in [-0.1, -0.05) is 26.8 Å². The Morgan fingerprint density at radius 2 is 1.97 bits per heavy atom. The SMILES string of the molecule is CCOc1ccc(Nc2cc(C(CC)CC(=O)O)ccc2N2CCOCC2C(C)C)cc1. The van der Waals surface area contributed by atoms with Crippen LogP contribution in [0, 0.1) is 5.92 Å². The first kappa shape index (κ1) is 23.9. The molecule has 0 bridgehead atoms. The largest absolute Gasteiger partial charge is 0.494 e. The molecule has 0 spiro atoms. The lowest BCUT2D eigenvalue weighted by atomic mass is 9.92. The number of carboxylic acid groups (broad SMARTS) is 1. The van der Waals surface area contributed by atoms with E-state index in [1.165, 1.54) is 0 Å². The molecule has 0 radical (unpaired) electrons. The number of benzene rings is 2. The van der Waals surface area contributed by atoms with Crippen molar-refractivity contribution >= 4 is 23.0 Å². The Labute approximate surface area is 191 Å². The standard InChI is InChI=1S/C26H36N2O4/c1-5-19(16-26(29)30)20-7-12-24(28-13-14-31-17-25(28)18(3)4)23(15-20)27-21-8-10-22(11-9-21)32-6-2/h7-12,15,18-19,25,27H,5-6,13-14,16-17H2,1-4H3,(H,29,30). The van der Waals surface area contributed by atoms with Crippen molar-refractivity contribution in [1.82, 2.24) is 0 Å². The Bertz CT molecular complexity index is 882. The molecule has 1 fully saturated rings. The predicted octanol–water partition coefficient (Wildman–Crippen LogP) is 5.66. The molecule has 32 heavy (non-hydrogen) atoms. The molecule has 2 aromatic carbocycles. The molecule has 1 aliphatic heterocycles. The average molecular weight is 441 g/mol. The number of hydrogen-bond donors (Lipinski definition) is 2. The van der Waals surface area contributed by atoms with Gasteiger partial charge >= 0.3 is 5.97 Å². The van der Waals surface area contributed by atoms with E-state index in [1.54, 1.807) is 0 Å². The van der Waals surface area contributed by atoms with Crippen LogP contribution in [0.4, 0.5) is 17.1 Å². The maximum absolute atomic E-state index is 11.4. The average Bonchev–Trinajstić information content (AvgIpc) is 2.79. The number of ether oxygens (including phenoxy) is 2. The Morgan fingerprint density at radius 3 is 2.59 bits per heavy atom. The van der Waals surface area contributed by atoms with Gasteiger partial charge in [-0.25, -0.2) is 0 Å². The quantitative estimate of drug-likeness (QED) is 0.497. The van der Waals surface area contributed by atoms with E-state index in [4.69, 9.17) is 9.47 Å². The molecule has 2 atom stereocenters. The Morgan fingerprint density at radius 1 is 1.22 bits per heavy atom. The number of carboxylic acids is 1. The number of morpholine rings is 1. The zero-order chi connectivity index (χ0) is 23.1. The summed E-state index contributed by atoms with van der Waals surface area (Å²) in [5.41, 5.74) is 4.12. The third-order valence-corrected chi connectivity index (χ3v) is 6.09. The molecule has 2 N–H and O–H groups in total. The van der Waals surface area contributed by atoms with Gasteiger partial charge in [-0.3, -0.25) is 4.79 Å². The molecule has 0 aromatic heterocycles. The maximum Gasteiger partial charge on any atom is 0.303 e. The van der Waals surface area contributed by atoms with Crippen LogP contribution in [-0.4, -0.2) is 43.5 Å². The second-order valence-corrected chi connectivity index (χ2v) is 8.64. The summed E-state index contributed by atoms with van der Waals surface area (Å²) in [6, 6.07) is 14.6. The first-order valence-corrected chi connectivity index (χ1v) is 11.6. The van der Waals surface area contributed by atoms with E-state index in [0.29, 0.717) is 25.7 Å². The molecule has 6 nitrogen and oxygen atoms in total. The van der Waals surface area contributed by atoms with Crippen LogP contribution in [0.3, 0.4) is 0 Å². The van der Waals surface area contributed by atoms with E-state index in [1.807, 2.05) is 38.1 Å². The van der Waals surface area contributed by atoms with Crippen LogP contribution in [0.1, 0.15) is 52.0 Å². The van der Waals surface area contributed by atoms with Crippen LogP contribution in [0.15, 0.2) is 42.5 Å². The van der Waals surface area contributed by atoms with Crippen molar-refractivity contribution < 1.29 is 19.4 Å². The number of rotatable bonds is 10. The van der Waals surface area contributed by atoms with E-state index in [0.717, 1.165) is 41.3 Å². The van der Waals surface area contributed by atoms with Gasteiger partial charge in [0.25, 0.3) is 0 Å². The maximum atomic E-state index is 11.4. The predicted molar refractivity (Wildman–Crippen MR) is 129 cm³/mol. The normalized spacial score (nSPS) is 17.3. The van der Waals surface area contributed by atoms with E-state index < -0.39 is 5.97 Å². The summed E-state index contributed by atoms with van der Waals surface area (Å²) in [6.45, 7) is 11.3. The fourth-order valence-electron chi connectivity index (χ4n) is 4.30. The lowest BCUT2D eigenvalue weighted by Gasteiger charge is -2.40. The number of hydrogen-bond acceptors (Lipinski definition) is 5. The molecule has 1 saturated heterocycles. The molecule has 6 heteroatoms. The van der Waals surface area contributed by atoms with Gasteiger partial charge in [0.15, 0.2) is 0 Å². The number of aliphatic carboxylic acids is 1. The van der Waals surface area contributed by atoms with Crippen molar-refractivity contribution in [2.75, 3.05) is 36.6 Å². The Hall–Kier alpha value is -2.73. The van der Waals surface area contributed by atoms with Crippen molar-refractivity contribution in [3.05, 3.63) is 48.0 Å². The zero-order valence-electron chi connectivity index (χ0n) is 19.6. The minimum absolute atomic E-state index is 0.0204. The van der Waals surface area contributed by atoms with Gasteiger partial charge in [-0.05, 0) is 67.1 Å². The summed E-state index contributed by atoms with van der Waals surface area (Å²) in [6.07, 6.45) is 0.908. The van der Waals surface area contributed by atoms with Crippen molar-refractivity contribution in [1.29, 1.82) is 0 Å². The van der Waals surface area contributed by atoms with Crippen LogP contribution in [0.5, 0.6) is 5.75 Å². The number of nitrogens with zero attached hydrogens (tertiary/aromatic N) is 1. The number of anilines is 3. The van der Waals surface area contributed by atoms with Gasteiger partial charge in [-0.2, -0.15) is 0 Å². The third-order valence-electron chi connectivity index (χ3n) is 6.09. The zero-order valence-corrected chi connectivity index (χ0v) is 19.6. The molecular weight excluding hydrogens is 404 g/mol. The van der Waals surface area contributed by atoms with Crippen LogP contribution in [0.25, 0.3) is 0 Å². The fraction of sp³-hybridized carbons (Fsp3) is 0.500. The van der Waals surface area contributed by atoms with E-state index in [9.17, 15) is 9.90 Å². The first-order valence-electron chi connectivity index (χ1n) is 11.6. The number of nitrogens with one attached hydrogen (secondary N) is 1. The van der Waals surface area contributed by atoms with Gasteiger partial charge in [0, 0.05) is 12.2 Å². The summed E-state index contributed by atoms with van der Waals surface area (Å²) >= 11 is 0. The molecular formula is C26H36N2O4. The van der Waals surface area contributed by atoms with E-state index in [2.05, 4.69) is 42.3 Å². The third kappa shape index (κ3) is 5.94.